The third-order valence-corrected chi connectivity index (χ3v) is 3.93. The maximum Gasteiger partial charge on any atom is 0.161 e. The third kappa shape index (κ3) is 5.33. The first-order chi connectivity index (χ1) is 7.86. The van der Waals surface area contributed by atoms with Crippen molar-refractivity contribution in [3.05, 3.63) is 29.8 Å². The molecule has 0 saturated heterocycles. The van der Waals surface area contributed by atoms with Gasteiger partial charge in [-0.2, -0.15) is 0 Å². The van der Waals surface area contributed by atoms with Crippen LogP contribution in [0.5, 0.6) is 5.75 Å². The van der Waals surface area contributed by atoms with Crippen molar-refractivity contribution < 1.29 is 9.16 Å². The van der Waals surface area contributed by atoms with E-state index in [1.54, 1.807) is 0 Å². The van der Waals surface area contributed by atoms with Crippen LogP contribution >= 0.6 is 0 Å². The van der Waals surface area contributed by atoms with Gasteiger partial charge >= 0.3 is 0 Å². The standard InChI is InChI=1S/C13H22O2Si/c1-3-14-13-9-7-12(8-10-13)6-5-11-16-15-4-2/h7-10H,3-6,11,16H2,1-2H3. The van der Waals surface area contributed by atoms with Gasteiger partial charge in [0.2, 0.25) is 0 Å². The molecule has 1 aromatic carbocycles. The molecule has 0 unspecified atom stereocenters. The van der Waals surface area contributed by atoms with Crippen LogP contribution in [0.25, 0.3) is 0 Å². The van der Waals surface area contributed by atoms with Crippen molar-refractivity contribution in [3.63, 3.8) is 0 Å². The Morgan fingerprint density at radius 3 is 2.44 bits per heavy atom. The molecule has 16 heavy (non-hydrogen) atoms. The van der Waals surface area contributed by atoms with Crippen LogP contribution in [0.3, 0.4) is 0 Å². The van der Waals surface area contributed by atoms with E-state index in [4.69, 9.17) is 9.16 Å². The van der Waals surface area contributed by atoms with E-state index in [0.717, 1.165) is 25.4 Å². The van der Waals surface area contributed by atoms with Crippen LogP contribution in [0, 0.1) is 0 Å². The normalized spacial score (nSPS) is 11.1. The van der Waals surface area contributed by atoms with Crippen LogP contribution in [-0.2, 0) is 10.8 Å². The van der Waals surface area contributed by atoms with Crippen LogP contribution < -0.4 is 4.74 Å². The summed E-state index contributed by atoms with van der Waals surface area (Å²) in [6, 6.07) is 9.71. The summed E-state index contributed by atoms with van der Waals surface area (Å²) in [4.78, 5) is 0. The monoisotopic (exact) mass is 238 g/mol. The second-order valence-electron chi connectivity index (χ2n) is 3.73. The minimum Gasteiger partial charge on any atom is -0.494 e. The molecule has 0 heterocycles. The van der Waals surface area contributed by atoms with E-state index in [0.29, 0.717) is 0 Å². The summed E-state index contributed by atoms with van der Waals surface area (Å²) < 4.78 is 10.8. The van der Waals surface area contributed by atoms with Crippen LogP contribution in [0.4, 0.5) is 0 Å². The lowest BCUT2D eigenvalue weighted by Gasteiger charge is -2.05. The van der Waals surface area contributed by atoms with Crippen molar-refractivity contribution in [3.8, 4) is 5.75 Å². The Morgan fingerprint density at radius 2 is 1.81 bits per heavy atom. The second kappa shape index (κ2) is 8.36. The first kappa shape index (κ1) is 13.3. The number of hydrogen-bond acceptors (Lipinski definition) is 2. The fourth-order valence-electron chi connectivity index (χ4n) is 1.60. The molecule has 0 spiro atoms. The molecule has 1 rings (SSSR count). The van der Waals surface area contributed by atoms with Gasteiger partial charge in [-0.15, -0.1) is 0 Å². The maximum absolute atomic E-state index is 5.44. The molecule has 0 saturated carbocycles. The van der Waals surface area contributed by atoms with Crippen molar-refractivity contribution in [1.82, 2.24) is 0 Å². The average molecular weight is 238 g/mol. The Bertz CT molecular complexity index is 272. The lowest BCUT2D eigenvalue weighted by atomic mass is 10.1. The Balaban J connectivity index is 2.21. The number of aryl methyl sites for hydroxylation is 1. The second-order valence-corrected chi connectivity index (χ2v) is 5.25. The zero-order valence-corrected chi connectivity index (χ0v) is 11.8. The summed E-state index contributed by atoms with van der Waals surface area (Å²) in [5, 5.41) is 0. The van der Waals surface area contributed by atoms with Gasteiger partial charge in [0.15, 0.2) is 9.76 Å². The lowest BCUT2D eigenvalue weighted by Crippen LogP contribution is -1.98. The Morgan fingerprint density at radius 1 is 1.06 bits per heavy atom. The summed E-state index contributed by atoms with van der Waals surface area (Å²) in [5.74, 6) is 0.968. The number of benzene rings is 1. The number of ether oxygens (including phenoxy) is 1. The molecule has 0 radical (unpaired) electrons. The molecule has 0 atom stereocenters. The van der Waals surface area contributed by atoms with Gasteiger partial charge in [-0.25, -0.2) is 0 Å². The summed E-state index contributed by atoms with van der Waals surface area (Å²) in [5.41, 5.74) is 1.40. The fraction of sp³-hybridized carbons (Fsp3) is 0.538. The largest absolute Gasteiger partial charge is 0.494 e. The fourth-order valence-corrected chi connectivity index (χ4v) is 2.54. The molecule has 0 fully saturated rings. The van der Waals surface area contributed by atoms with E-state index < -0.39 is 0 Å². The van der Waals surface area contributed by atoms with E-state index in [9.17, 15) is 0 Å². The van der Waals surface area contributed by atoms with Crippen LogP contribution in [0.2, 0.25) is 6.04 Å². The average Bonchev–Trinajstić information content (AvgIpc) is 2.31. The highest BCUT2D eigenvalue weighted by molar-refractivity contribution is 6.26. The molecule has 0 aliphatic carbocycles. The lowest BCUT2D eigenvalue weighted by molar-refractivity contribution is 0.340. The zero-order valence-electron chi connectivity index (χ0n) is 10.4. The van der Waals surface area contributed by atoms with Crippen LogP contribution in [-0.4, -0.2) is 23.0 Å². The first-order valence-electron chi connectivity index (χ1n) is 6.16. The minimum atomic E-state index is -0.245. The van der Waals surface area contributed by atoms with Gasteiger partial charge in [-0.3, -0.25) is 0 Å². The highest BCUT2D eigenvalue weighted by Crippen LogP contribution is 2.13. The maximum atomic E-state index is 5.44. The summed E-state index contributed by atoms with van der Waals surface area (Å²) in [6.45, 7) is 5.69. The van der Waals surface area contributed by atoms with Gasteiger partial charge in [0, 0.05) is 6.61 Å². The van der Waals surface area contributed by atoms with Gasteiger partial charge < -0.3 is 9.16 Å². The molecular weight excluding hydrogens is 216 g/mol. The van der Waals surface area contributed by atoms with E-state index in [1.165, 1.54) is 18.0 Å². The molecule has 90 valence electrons. The molecule has 1 aromatic rings. The molecule has 0 aliphatic rings. The van der Waals surface area contributed by atoms with E-state index >= 15 is 0 Å². The van der Waals surface area contributed by atoms with Crippen molar-refractivity contribution in [2.75, 3.05) is 13.2 Å². The van der Waals surface area contributed by atoms with Crippen molar-refractivity contribution in [1.29, 1.82) is 0 Å². The van der Waals surface area contributed by atoms with E-state index in [2.05, 4.69) is 31.2 Å². The smallest absolute Gasteiger partial charge is 0.161 e. The summed E-state index contributed by atoms with van der Waals surface area (Å²) in [7, 11) is -0.245. The Hall–Kier alpha value is -0.803. The minimum absolute atomic E-state index is 0.245. The van der Waals surface area contributed by atoms with E-state index in [-0.39, 0.29) is 9.76 Å². The van der Waals surface area contributed by atoms with E-state index in [1.807, 2.05) is 6.92 Å². The number of hydrogen-bond donors (Lipinski definition) is 0. The molecule has 0 amide bonds. The van der Waals surface area contributed by atoms with Gasteiger partial charge in [0.25, 0.3) is 0 Å². The molecule has 0 N–H and O–H groups in total. The predicted octanol–water partition coefficient (Wildman–Crippen LogP) is 2.56. The van der Waals surface area contributed by atoms with Crippen molar-refractivity contribution >= 4 is 9.76 Å². The van der Waals surface area contributed by atoms with Crippen molar-refractivity contribution in [2.24, 2.45) is 0 Å². The molecule has 0 aliphatic heterocycles. The zero-order chi connectivity index (χ0) is 11.6. The summed E-state index contributed by atoms with van der Waals surface area (Å²) >= 11 is 0. The Labute approximate surface area is 101 Å². The molecule has 0 bridgehead atoms. The van der Waals surface area contributed by atoms with Crippen LogP contribution in [0.15, 0.2) is 24.3 Å². The third-order valence-electron chi connectivity index (χ3n) is 2.44. The predicted molar refractivity (Wildman–Crippen MR) is 70.9 cm³/mol. The molecule has 0 aromatic heterocycles. The van der Waals surface area contributed by atoms with Gasteiger partial charge in [0.1, 0.15) is 5.75 Å². The van der Waals surface area contributed by atoms with Gasteiger partial charge in [-0.1, -0.05) is 18.6 Å². The highest BCUT2D eigenvalue weighted by Gasteiger charge is 1.96. The van der Waals surface area contributed by atoms with Crippen molar-refractivity contribution in [2.45, 2.75) is 32.7 Å². The molecule has 3 heteroatoms. The first-order valence-corrected chi connectivity index (χ1v) is 7.74. The highest BCUT2D eigenvalue weighted by atomic mass is 28.2. The number of rotatable bonds is 8. The van der Waals surface area contributed by atoms with Crippen LogP contribution in [0.1, 0.15) is 25.8 Å². The Kier molecular flexibility index (Phi) is 6.93. The molecular formula is C13H22O2Si. The topological polar surface area (TPSA) is 18.5 Å². The quantitative estimate of drug-likeness (QED) is 0.512. The van der Waals surface area contributed by atoms with Gasteiger partial charge in [-0.05, 0) is 44.0 Å². The molecule has 2 nitrogen and oxygen atoms in total. The summed E-state index contributed by atoms with van der Waals surface area (Å²) in [6.07, 6.45) is 2.41. The van der Waals surface area contributed by atoms with Gasteiger partial charge in [0.05, 0.1) is 6.61 Å². The SMILES string of the molecule is CCO[SiH2]CCCc1ccc(OCC)cc1.